The molecule has 2 atom stereocenters. The summed E-state index contributed by atoms with van der Waals surface area (Å²) in [6.45, 7) is 0.903. The maximum Gasteiger partial charge on any atom is 0.252 e. The molecule has 0 aromatic heterocycles. The van der Waals surface area contributed by atoms with Crippen molar-refractivity contribution in [2.75, 3.05) is 0 Å². The van der Waals surface area contributed by atoms with Crippen molar-refractivity contribution in [2.45, 2.75) is 50.4 Å². The Morgan fingerprint density at radius 2 is 1.51 bits per heavy atom. The van der Waals surface area contributed by atoms with Crippen molar-refractivity contribution >= 4 is 16.7 Å². The fourth-order valence-electron chi connectivity index (χ4n) is 6.04. The van der Waals surface area contributed by atoms with E-state index in [1.807, 2.05) is 66.7 Å². The van der Waals surface area contributed by atoms with E-state index in [0.29, 0.717) is 12.1 Å². The lowest BCUT2D eigenvalue weighted by molar-refractivity contribution is 0.0828. The summed E-state index contributed by atoms with van der Waals surface area (Å²) < 4.78 is 13.5. The van der Waals surface area contributed by atoms with Crippen molar-refractivity contribution in [3.05, 3.63) is 108 Å². The lowest BCUT2D eigenvalue weighted by Crippen LogP contribution is -2.50. The van der Waals surface area contributed by atoms with Gasteiger partial charge in [-0.3, -0.25) is 9.69 Å². The average Bonchev–Trinajstić information content (AvgIpc) is 3.11. The Bertz CT molecular complexity index is 1360. The van der Waals surface area contributed by atoms with Gasteiger partial charge >= 0.3 is 0 Å². The van der Waals surface area contributed by atoms with Gasteiger partial charge in [-0.05, 0) is 77.4 Å². The minimum atomic E-state index is -0.196. The van der Waals surface area contributed by atoms with Crippen LogP contribution in [0.4, 0.5) is 4.39 Å². The normalized spacial score (nSPS) is 21.8. The summed E-state index contributed by atoms with van der Waals surface area (Å²) in [6, 6.07) is 30.4. The molecule has 35 heavy (non-hydrogen) atoms. The van der Waals surface area contributed by atoms with Crippen molar-refractivity contribution in [2.24, 2.45) is 0 Å². The minimum absolute atomic E-state index is 0.0177. The highest BCUT2D eigenvalue weighted by Gasteiger charge is 2.41. The summed E-state index contributed by atoms with van der Waals surface area (Å²) in [7, 11) is 0. The second-order valence-electron chi connectivity index (χ2n) is 9.94. The summed E-state index contributed by atoms with van der Waals surface area (Å²) in [6.07, 6.45) is 4.32. The van der Waals surface area contributed by atoms with Gasteiger partial charge in [0, 0.05) is 30.2 Å². The molecule has 2 saturated heterocycles. The monoisotopic (exact) mass is 464 g/mol. The molecule has 4 aromatic carbocycles. The number of nitrogens with one attached hydrogen (secondary N) is 1. The fraction of sp³-hybridized carbons (Fsp3) is 0.258. The van der Waals surface area contributed by atoms with E-state index in [1.54, 1.807) is 6.07 Å². The molecule has 4 aromatic rings. The summed E-state index contributed by atoms with van der Waals surface area (Å²) in [5, 5.41) is 5.38. The van der Waals surface area contributed by atoms with Crippen molar-refractivity contribution in [1.82, 2.24) is 10.2 Å². The predicted molar refractivity (Wildman–Crippen MR) is 139 cm³/mol. The van der Waals surface area contributed by atoms with Crippen molar-refractivity contribution < 1.29 is 9.18 Å². The summed E-state index contributed by atoms with van der Waals surface area (Å²) in [4.78, 5) is 15.9. The third kappa shape index (κ3) is 4.46. The highest BCUT2D eigenvalue weighted by Crippen LogP contribution is 2.37. The minimum Gasteiger partial charge on any atom is -0.349 e. The number of carbonyl (C=O) groups excluding carboxylic acids is 1. The zero-order valence-corrected chi connectivity index (χ0v) is 19.7. The van der Waals surface area contributed by atoms with Gasteiger partial charge in [0.05, 0.1) is 0 Å². The van der Waals surface area contributed by atoms with Gasteiger partial charge in [0.2, 0.25) is 0 Å². The number of rotatable bonds is 5. The molecule has 1 amide bonds. The number of hydrogen-bond donors (Lipinski definition) is 1. The molecular formula is C31H29FN2O. The molecule has 176 valence electrons. The lowest BCUT2D eigenvalue weighted by Gasteiger charge is -2.39. The van der Waals surface area contributed by atoms with Gasteiger partial charge in [0.1, 0.15) is 5.82 Å². The van der Waals surface area contributed by atoms with Crippen LogP contribution < -0.4 is 5.32 Å². The molecule has 0 aliphatic carbocycles. The van der Waals surface area contributed by atoms with Gasteiger partial charge in [-0.2, -0.15) is 0 Å². The molecule has 0 unspecified atom stereocenters. The maximum atomic E-state index is 13.5. The largest absolute Gasteiger partial charge is 0.349 e. The smallest absolute Gasteiger partial charge is 0.252 e. The Kier molecular flexibility index (Phi) is 5.83. The SMILES string of the molecule is O=C(NC1C[C@H]2CC[C@H](C1)N2Cc1ccc2cc(F)ccc2c1)c1ccccc1-c1ccccc1. The number of amides is 1. The molecular weight excluding hydrogens is 435 g/mol. The van der Waals surface area contributed by atoms with Crippen LogP contribution >= 0.6 is 0 Å². The Morgan fingerprint density at radius 1 is 0.829 bits per heavy atom. The zero-order valence-electron chi connectivity index (χ0n) is 19.7. The van der Waals surface area contributed by atoms with Crippen LogP contribution in [0.3, 0.4) is 0 Å². The number of halogens is 1. The molecule has 3 nitrogen and oxygen atoms in total. The summed E-state index contributed by atoms with van der Waals surface area (Å²) in [5.74, 6) is -0.178. The molecule has 0 saturated carbocycles. The highest BCUT2D eigenvalue weighted by atomic mass is 19.1. The van der Waals surface area contributed by atoms with E-state index in [1.165, 1.54) is 24.5 Å². The Balaban J connectivity index is 1.14. The quantitative estimate of drug-likeness (QED) is 0.362. The predicted octanol–water partition coefficient (Wildman–Crippen LogP) is 6.57. The van der Waals surface area contributed by atoms with Crippen molar-refractivity contribution in [3.63, 3.8) is 0 Å². The second kappa shape index (κ2) is 9.27. The van der Waals surface area contributed by atoms with Gasteiger partial charge in [-0.15, -0.1) is 0 Å². The van der Waals surface area contributed by atoms with Crippen LogP contribution in [0.15, 0.2) is 91.0 Å². The van der Waals surface area contributed by atoms with E-state index in [4.69, 9.17) is 0 Å². The third-order valence-corrected chi connectivity index (χ3v) is 7.71. The number of nitrogens with zero attached hydrogens (tertiary/aromatic N) is 1. The van der Waals surface area contributed by atoms with Crippen LogP contribution in [0.25, 0.3) is 21.9 Å². The summed E-state index contributed by atoms with van der Waals surface area (Å²) >= 11 is 0. The second-order valence-corrected chi connectivity index (χ2v) is 9.94. The molecule has 0 spiro atoms. The molecule has 0 radical (unpaired) electrons. The molecule has 1 N–H and O–H groups in total. The Hall–Kier alpha value is -3.50. The lowest BCUT2D eigenvalue weighted by atomic mass is 9.94. The van der Waals surface area contributed by atoms with Crippen LogP contribution in [0.5, 0.6) is 0 Å². The van der Waals surface area contributed by atoms with Crippen molar-refractivity contribution in [3.8, 4) is 11.1 Å². The topological polar surface area (TPSA) is 32.3 Å². The third-order valence-electron chi connectivity index (χ3n) is 7.71. The van der Waals surface area contributed by atoms with Gasteiger partial charge in [-0.1, -0.05) is 66.7 Å². The molecule has 2 aliphatic rings. The van der Waals surface area contributed by atoms with E-state index in [0.717, 1.165) is 46.8 Å². The van der Waals surface area contributed by atoms with Gasteiger partial charge in [-0.25, -0.2) is 4.39 Å². The summed E-state index contributed by atoms with van der Waals surface area (Å²) in [5.41, 5.74) is 4.04. The number of benzene rings is 4. The van der Waals surface area contributed by atoms with E-state index >= 15 is 0 Å². The van der Waals surface area contributed by atoms with Gasteiger partial charge in [0.25, 0.3) is 5.91 Å². The number of carbonyl (C=O) groups is 1. The number of fused-ring (bicyclic) bond motifs is 3. The van der Waals surface area contributed by atoms with E-state index in [9.17, 15) is 9.18 Å². The van der Waals surface area contributed by atoms with Gasteiger partial charge in [0.15, 0.2) is 0 Å². The van der Waals surface area contributed by atoms with Crippen LogP contribution in [0.1, 0.15) is 41.6 Å². The van der Waals surface area contributed by atoms with Crippen LogP contribution in [-0.4, -0.2) is 28.9 Å². The molecule has 4 heteroatoms. The first kappa shape index (κ1) is 22.0. The molecule has 2 bridgehead atoms. The zero-order chi connectivity index (χ0) is 23.8. The number of hydrogen-bond acceptors (Lipinski definition) is 2. The van der Waals surface area contributed by atoms with E-state index < -0.39 is 0 Å². The van der Waals surface area contributed by atoms with Crippen LogP contribution in [-0.2, 0) is 6.54 Å². The van der Waals surface area contributed by atoms with Crippen LogP contribution in [0.2, 0.25) is 0 Å². The standard InChI is InChI=1S/C31H29FN2O/c32-25-13-12-23-16-21(10-11-24(23)17-25)20-34-27-14-15-28(34)19-26(18-27)33-31(35)30-9-5-4-8-29(30)22-6-2-1-3-7-22/h1-13,16-17,26-28H,14-15,18-20H2,(H,33,35)/t27-,28-/m1/s1. The molecule has 2 aliphatic heterocycles. The highest BCUT2D eigenvalue weighted by molar-refractivity contribution is 6.01. The first-order valence-electron chi connectivity index (χ1n) is 12.5. The number of piperidine rings is 1. The van der Waals surface area contributed by atoms with E-state index in [-0.39, 0.29) is 17.8 Å². The Labute approximate surface area is 205 Å². The fourth-order valence-corrected chi connectivity index (χ4v) is 6.04. The Morgan fingerprint density at radius 3 is 2.31 bits per heavy atom. The maximum absolute atomic E-state index is 13.5. The van der Waals surface area contributed by atoms with E-state index in [2.05, 4.69) is 22.3 Å². The average molecular weight is 465 g/mol. The van der Waals surface area contributed by atoms with Gasteiger partial charge < -0.3 is 5.32 Å². The first-order chi connectivity index (χ1) is 17.1. The molecule has 2 heterocycles. The van der Waals surface area contributed by atoms with Crippen molar-refractivity contribution in [1.29, 1.82) is 0 Å². The van der Waals surface area contributed by atoms with Crippen LogP contribution in [0, 0.1) is 5.82 Å². The molecule has 2 fully saturated rings. The molecule has 6 rings (SSSR count). The first-order valence-corrected chi connectivity index (χ1v) is 12.5.